The predicted molar refractivity (Wildman–Crippen MR) is 95.8 cm³/mol. The number of hydrogen-bond donors (Lipinski definition) is 1. The Hall–Kier alpha value is -0.650. The van der Waals surface area contributed by atoms with E-state index >= 15 is 0 Å². The summed E-state index contributed by atoms with van der Waals surface area (Å²) in [4.78, 5) is 17.1. The van der Waals surface area contributed by atoms with Crippen LogP contribution in [0.1, 0.15) is 46.5 Å². The van der Waals surface area contributed by atoms with Crippen LogP contribution < -0.4 is 0 Å². The van der Waals surface area contributed by atoms with E-state index in [1.165, 1.54) is 12.8 Å². The molecule has 2 fully saturated rings. The molecule has 1 N–H and O–H groups in total. The van der Waals surface area contributed by atoms with E-state index in [9.17, 15) is 9.90 Å². The Kier molecular flexibility index (Phi) is 7.51. The van der Waals surface area contributed by atoms with Crippen molar-refractivity contribution >= 4 is 5.91 Å². The Morgan fingerprint density at radius 3 is 2.71 bits per heavy atom. The van der Waals surface area contributed by atoms with E-state index in [0.717, 1.165) is 32.7 Å². The van der Waals surface area contributed by atoms with E-state index in [1.54, 1.807) is 7.11 Å². The van der Waals surface area contributed by atoms with Crippen LogP contribution in [0.25, 0.3) is 0 Å². The third kappa shape index (κ3) is 4.50. The molecule has 1 amide bonds. The van der Waals surface area contributed by atoms with Crippen molar-refractivity contribution in [2.45, 2.75) is 58.5 Å². The highest BCUT2D eigenvalue weighted by Crippen LogP contribution is 2.35. The molecule has 0 aromatic carbocycles. The number of ether oxygens (including phenoxy) is 1. The summed E-state index contributed by atoms with van der Waals surface area (Å²) in [6.07, 6.45) is 4.06. The standard InChI is InChI=1S/C19H36N2O3/c1-5-15-10-21(19(23)9-14(2)3)18(12-22)17(15)11-20-8-6-7-16(20)13-24-4/h14-18,22H,5-13H2,1-4H3/t15-,16-,17-,18-/m1/s1. The number of amides is 1. The van der Waals surface area contributed by atoms with E-state index in [1.807, 2.05) is 4.90 Å². The molecular weight excluding hydrogens is 304 g/mol. The van der Waals surface area contributed by atoms with Crippen molar-refractivity contribution in [1.29, 1.82) is 0 Å². The van der Waals surface area contributed by atoms with Crippen LogP contribution in [-0.2, 0) is 9.53 Å². The van der Waals surface area contributed by atoms with E-state index < -0.39 is 0 Å². The normalized spacial score (nSPS) is 31.3. The van der Waals surface area contributed by atoms with Crippen molar-refractivity contribution < 1.29 is 14.6 Å². The topological polar surface area (TPSA) is 53.0 Å². The number of nitrogens with zero attached hydrogens (tertiary/aromatic N) is 2. The number of carbonyl (C=O) groups excluding carboxylic acids is 1. The van der Waals surface area contributed by atoms with Crippen LogP contribution in [0.5, 0.6) is 0 Å². The Bertz CT molecular complexity index is 402. The molecule has 0 unspecified atom stereocenters. The number of carbonyl (C=O) groups is 1. The summed E-state index contributed by atoms with van der Waals surface area (Å²) in [5, 5.41) is 10.0. The summed E-state index contributed by atoms with van der Waals surface area (Å²) < 4.78 is 5.37. The van der Waals surface area contributed by atoms with Crippen molar-refractivity contribution in [3.8, 4) is 0 Å². The van der Waals surface area contributed by atoms with Crippen LogP contribution in [-0.4, -0.2) is 72.9 Å². The van der Waals surface area contributed by atoms with Crippen LogP contribution in [0.2, 0.25) is 0 Å². The van der Waals surface area contributed by atoms with Crippen LogP contribution in [0.15, 0.2) is 0 Å². The lowest BCUT2D eigenvalue weighted by Gasteiger charge is -2.32. The van der Waals surface area contributed by atoms with Crippen molar-refractivity contribution in [1.82, 2.24) is 9.80 Å². The quantitative estimate of drug-likeness (QED) is 0.734. The summed E-state index contributed by atoms with van der Waals surface area (Å²) in [5.74, 6) is 1.43. The molecule has 5 heteroatoms. The minimum atomic E-state index is -0.0232. The molecule has 2 rings (SSSR count). The first-order valence-corrected chi connectivity index (χ1v) is 9.65. The molecule has 24 heavy (non-hydrogen) atoms. The molecule has 0 aromatic heterocycles. The molecule has 2 saturated heterocycles. The van der Waals surface area contributed by atoms with Gasteiger partial charge in [0.15, 0.2) is 0 Å². The highest BCUT2D eigenvalue weighted by atomic mass is 16.5. The van der Waals surface area contributed by atoms with Gasteiger partial charge in [0.05, 0.1) is 19.3 Å². The van der Waals surface area contributed by atoms with Crippen LogP contribution in [0, 0.1) is 17.8 Å². The lowest BCUT2D eigenvalue weighted by atomic mass is 9.88. The second kappa shape index (κ2) is 9.16. The van der Waals surface area contributed by atoms with Crippen LogP contribution in [0.4, 0.5) is 0 Å². The minimum absolute atomic E-state index is 0.0232. The molecule has 2 aliphatic heterocycles. The van der Waals surface area contributed by atoms with Gasteiger partial charge in [0, 0.05) is 32.7 Å². The average molecular weight is 341 g/mol. The molecule has 0 radical (unpaired) electrons. The first-order chi connectivity index (χ1) is 11.5. The number of aliphatic hydroxyl groups excluding tert-OH is 1. The first kappa shape index (κ1) is 19.7. The van der Waals surface area contributed by atoms with Gasteiger partial charge in [-0.05, 0) is 37.1 Å². The monoisotopic (exact) mass is 340 g/mol. The Morgan fingerprint density at radius 2 is 2.12 bits per heavy atom. The smallest absolute Gasteiger partial charge is 0.223 e. The number of likely N-dealkylation sites (tertiary alicyclic amines) is 2. The summed E-state index contributed by atoms with van der Waals surface area (Å²) >= 11 is 0. The minimum Gasteiger partial charge on any atom is -0.394 e. The first-order valence-electron chi connectivity index (χ1n) is 9.65. The van der Waals surface area contributed by atoms with Gasteiger partial charge in [-0.2, -0.15) is 0 Å². The molecular formula is C19H36N2O3. The predicted octanol–water partition coefficient (Wildman–Crippen LogP) is 1.99. The van der Waals surface area contributed by atoms with Crippen molar-refractivity contribution in [2.75, 3.05) is 40.0 Å². The molecule has 2 aliphatic rings. The molecule has 0 aromatic rings. The van der Waals surface area contributed by atoms with Gasteiger partial charge in [0.1, 0.15) is 0 Å². The largest absolute Gasteiger partial charge is 0.394 e. The molecule has 5 nitrogen and oxygen atoms in total. The SMILES string of the molecule is CC[C@@H]1CN(C(=O)CC(C)C)[C@H](CO)[C@@H]1CN1CCC[C@@H]1COC. The summed E-state index contributed by atoms with van der Waals surface area (Å²) in [6, 6.07) is 0.470. The number of hydrogen-bond acceptors (Lipinski definition) is 4. The number of methoxy groups -OCH3 is 1. The van der Waals surface area contributed by atoms with Crippen LogP contribution >= 0.6 is 0 Å². The highest BCUT2D eigenvalue weighted by molar-refractivity contribution is 5.77. The van der Waals surface area contributed by atoms with Gasteiger partial charge in [-0.1, -0.05) is 27.2 Å². The molecule has 0 bridgehead atoms. The summed E-state index contributed by atoms with van der Waals surface area (Å²) in [7, 11) is 1.77. The third-order valence-electron chi connectivity index (χ3n) is 5.85. The zero-order valence-electron chi connectivity index (χ0n) is 15.9. The lowest BCUT2D eigenvalue weighted by molar-refractivity contribution is -0.134. The Labute approximate surface area is 147 Å². The number of rotatable bonds is 8. The molecule has 0 spiro atoms. The maximum atomic E-state index is 12.6. The number of aliphatic hydroxyl groups is 1. The molecule has 0 aliphatic carbocycles. The fraction of sp³-hybridized carbons (Fsp3) is 0.947. The second-order valence-electron chi connectivity index (χ2n) is 7.97. The fourth-order valence-electron chi connectivity index (χ4n) is 4.55. The average Bonchev–Trinajstić information content (AvgIpc) is 3.12. The molecule has 0 saturated carbocycles. The van der Waals surface area contributed by atoms with Gasteiger partial charge in [-0.15, -0.1) is 0 Å². The van der Waals surface area contributed by atoms with Gasteiger partial charge < -0.3 is 14.7 Å². The third-order valence-corrected chi connectivity index (χ3v) is 5.85. The van der Waals surface area contributed by atoms with Gasteiger partial charge >= 0.3 is 0 Å². The van der Waals surface area contributed by atoms with Gasteiger partial charge in [-0.3, -0.25) is 9.69 Å². The zero-order chi connectivity index (χ0) is 17.7. The fourth-order valence-corrected chi connectivity index (χ4v) is 4.55. The van der Waals surface area contributed by atoms with E-state index in [0.29, 0.717) is 30.2 Å². The van der Waals surface area contributed by atoms with Gasteiger partial charge in [-0.25, -0.2) is 0 Å². The molecule has 140 valence electrons. The van der Waals surface area contributed by atoms with Crippen molar-refractivity contribution in [2.24, 2.45) is 17.8 Å². The molecule has 4 atom stereocenters. The maximum Gasteiger partial charge on any atom is 0.223 e. The van der Waals surface area contributed by atoms with E-state index in [4.69, 9.17) is 4.74 Å². The van der Waals surface area contributed by atoms with E-state index in [2.05, 4.69) is 25.7 Å². The van der Waals surface area contributed by atoms with Crippen molar-refractivity contribution in [3.63, 3.8) is 0 Å². The van der Waals surface area contributed by atoms with Gasteiger partial charge in [0.25, 0.3) is 0 Å². The lowest BCUT2D eigenvalue weighted by Crippen LogP contribution is -2.45. The van der Waals surface area contributed by atoms with Gasteiger partial charge in [0.2, 0.25) is 5.91 Å². The van der Waals surface area contributed by atoms with Crippen LogP contribution in [0.3, 0.4) is 0 Å². The Balaban J connectivity index is 2.07. The van der Waals surface area contributed by atoms with E-state index in [-0.39, 0.29) is 18.6 Å². The highest BCUT2D eigenvalue weighted by Gasteiger charge is 2.44. The second-order valence-corrected chi connectivity index (χ2v) is 7.97. The summed E-state index contributed by atoms with van der Waals surface area (Å²) in [6.45, 7) is 10.1. The molecule has 2 heterocycles. The Morgan fingerprint density at radius 1 is 1.38 bits per heavy atom. The maximum absolute atomic E-state index is 12.6. The van der Waals surface area contributed by atoms with Crippen molar-refractivity contribution in [3.05, 3.63) is 0 Å². The summed E-state index contributed by atoms with van der Waals surface area (Å²) in [5.41, 5.74) is 0. The zero-order valence-corrected chi connectivity index (χ0v) is 15.9.